The fourth-order valence-electron chi connectivity index (χ4n) is 5.09. The molecule has 1 aliphatic rings. The Kier molecular flexibility index (Phi) is 9.98. The highest BCUT2D eigenvalue weighted by Crippen LogP contribution is 2.42. The molecule has 7 nitrogen and oxygen atoms in total. The zero-order valence-electron chi connectivity index (χ0n) is 23.6. The number of aliphatic hydroxyl groups is 1. The van der Waals surface area contributed by atoms with Crippen LogP contribution in [0, 0.1) is 0 Å². The van der Waals surface area contributed by atoms with E-state index >= 15 is 0 Å². The van der Waals surface area contributed by atoms with Crippen molar-refractivity contribution in [1.82, 2.24) is 10.9 Å². The molecule has 0 fully saturated rings. The number of carbonyl (C=O) groups is 1. The van der Waals surface area contributed by atoms with Gasteiger partial charge in [0.2, 0.25) is 5.90 Å². The van der Waals surface area contributed by atoms with Gasteiger partial charge in [0, 0.05) is 31.6 Å². The minimum atomic E-state index is -1.25. The number of nitrogens with zero attached hydrogens (tertiary/aromatic N) is 1. The van der Waals surface area contributed by atoms with Gasteiger partial charge in [-0.25, -0.2) is 10.4 Å². The number of hydrogen-bond acceptors (Lipinski definition) is 6. The zero-order valence-corrected chi connectivity index (χ0v) is 23.6. The van der Waals surface area contributed by atoms with Crippen molar-refractivity contribution in [2.75, 3.05) is 19.8 Å². The van der Waals surface area contributed by atoms with Crippen LogP contribution >= 0.6 is 0 Å². The van der Waals surface area contributed by atoms with Crippen LogP contribution in [0.15, 0.2) is 120 Å². The Morgan fingerprint density at radius 3 is 2.14 bits per heavy atom. The van der Waals surface area contributed by atoms with Gasteiger partial charge in [-0.2, -0.15) is 0 Å². The molecule has 0 spiro atoms. The molecule has 3 N–H and O–H groups in total. The van der Waals surface area contributed by atoms with Gasteiger partial charge in [-0.05, 0) is 53.8 Å². The van der Waals surface area contributed by atoms with Crippen LogP contribution in [0.5, 0.6) is 5.75 Å². The van der Waals surface area contributed by atoms with E-state index in [0.717, 1.165) is 29.5 Å². The van der Waals surface area contributed by atoms with E-state index in [2.05, 4.69) is 23.0 Å². The molecule has 1 aliphatic heterocycles. The summed E-state index contributed by atoms with van der Waals surface area (Å²) in [6, 6.07) is 37.5. The van der Waals surface area contributed by atoms with Gasteiger partial charge in [-0.1, -0.05) is 91.0 Å². The Balaban J connectivity index is 1.41. The van der Waals surface area contributed by atoms with E-state index in [9.17, 15) is 4.79 Å². The maximum Gasteiger partial charge on any atom is 0.266 e. The van der Waals surface area contributed by atoms with Crippen molar-refractivity contribution in [3.05, 3.63) is 138 Å². The second kappa shape index (κ2) is 14.4. The summed E-state index contributed by atoms with van der Waals surface area (Å²) in [7, 11) is 0. The molecule has 0 unspecified atom stereocenters. The Morgan fingerprint density at radius 1 is 0.833 bits per heavy atom. The van der Waals surface area contributed by atoms with Gasteiger partial charge >= 0.3 is 0 Å². The van der Waals surface area contributed by atoms with Crippen LogP contribution in [0.2, 0.25) is 0 Å². The van der Waals surface area contributed by atoms with E-state index in [4.69, 9.17) is 19.6 Å². The Morgan fingerprint density at radius 2 is 1.48 bits per heavy atom. The van der Waals surface area contributed by atoms with E-state index in [1.165, 1.54) is 5.56 Å². The largest absolute Gasteiger partial charge is 0.494 e. The number of aliphatic hydroxyl groups excluding tert-OH is 1. The smallest absolute Gasteiger partial charge is 0.266 e. The van der Waals surface area contributed by atoms with Crippen molar-refractivity contribution in [3.8, 4) is 5.75 Å². The third-order valence-electron chi connectivity index (χ3n) is 7.26. The molecule has 0 aromatic heterocycles. The number of aryl methyl sites for hydroxylation is 1. The van der Waals surface area contributed by atoms with Gasteiger partial charge in [-0.15, -0.1) is 0 Å². The summed E-state index contributed by atoms with van der Waals surface area (Å²) < 4.78 is 12.2. The minimum absolute atomic E-state index is 0.0804. The molecule has 0 saturated heterocycles. The van der Waals surface area contributed by atoms with Crippen LogP contribution in [-0.4, -0.2) is 42.2 Å². The van der Waals surface area contributed by atoms with Gasteiger partial charge in [-0.3, -0.25) is 10.2 Å². The molecular formula is C35H37N3O4. The van der Waals surface area contributed by atoms with Crippen molar-refractivity contribution in [1.29, 1.82) is 0 Å². The standard InChI is InChI=1S/C35H37N3O4/c39-24-11-25-41-31-21-19-30(20-22-31)33-37-35(26-28-14-6-2-7-15-28,32(42-33)29-17-8-3-9-18-29)34(40)38-36-23-10-16-27-12-4-1-5-13-27/h1-9,12-15,17-22,32,36,39H,10-11,16,23-26H2,(H,38,40)/t32-,35-/m0/s1. The second-order valence-corrected chi connectivity index (χ2v) is 10.3. The zero-order chi connectivity index (χ0) is 29.0. The average molecular weight is 564 g/mol. The number of ether oxygens (including phenoxy) is 2. The van der Waals surface area contributed by atoms with Crippen LogP contribution in [0.1, 0.15) is 41.2 Å². The molecule has 4 aromatic rings. The third kappa shape index (κ3) is 7.24. The van der Waals surface area contributed by atoms with Crippen molar-refractivity contribution >= 4 is 11.8 Å². The Labute approximate surface area is 247 Å². The van der Waals surface area contributed by atoms with Gasteiger partial charge < -0.3 is 14.6 Å². The first kappa shape index (κ1) is 29.0. The number of hydrogen-bond donors (Lipinski definition) is 3. The first-order chi connectivity index (χ1) is 20.7. The van der Waals surface area contributed by atoms with E-state index in [1.54, 1.807) is 0 Å². The molecule has 1 amide bonds. The van der Waals surface area contributed by atoms with E-state index in [0.29, 0.717) is 37.6 Å². The number of nitrogens with one attached hydrogen (secondary N) is 2. The molecular weight excluding hydrogens is 526 g/mol. The second-order valence-electron chi connectivity index (χ2n) is 10.3. The van der Waals surface area contributed by atoms with Gasteiger partial charge in [0.05, 0.1) is 6.61 Å². The lowest BCUT2D eigenvalue weighted by molar-refractivity contribution is -0.130. The van der Waals surface area contributed by atoms with Crippen LogP contribution in [0.25, 0.3) is 0 Å². The molecule has 5 rings (SSSR count). The highest BCUT2D eigenvalue weighted by molar-refractivity contribution is 6.01. The lowest BCUT2D eigenvalue weighted by atomic mass is 9.82. The molecule has 42 heavy (non-hydrogen) atoms. The number of carbonyl (C=O) groups excluding carboxylic acids is 1. The maximum atomic E-state index is 14.2. The third-order valence-corrected chi connectivity index (χ3v) is 7.26. The molecule has 4 aromatic carbocycles. The van der Waals surface area contributed by atoms with Crippen molar-refractivity contribution in [2.45, 2.75) is 37.3 Å². The molecule has 2 atom stereocenters. The molecule has 0 bridgehead atoms. The van der Waals surface area contributed by atoms with Crippen molar-refractivity contribution in [2.24, 2.45) is 4.99 Å². The molecule has 0 saturated carbocycles. The maximum absolute atomic E-state index is 14.2. The van der Waals surface area contributed by atoms with Crippen LogP contribution in [0.4, 0.5) is 0 Å². The number of hydrazine groups is 1. The van der Waals surface area contributed by atoms with Gasteiger partial charge in [0.15, 0.2) is 11.6 Å². The molecule has 0 radical (unpaired) electrons. The van der Waals surface area contributed by atoms with Gasteiger partial charge in [0.1, 0.15) is 5.75 Å². The normalized spacial score (nSPS) is 17.7. The van der Waals surface area contributed by atoms with Crippen molar-refractivity contribution in [3.63, 3.8) is 0 Å². The monoisotopic (exact) mass is 563 g/mol. The van der Waals surface area contributed by atoms with E-state index in [-0.39, 0.29) is 12.5 Å². The summed E-state index contributed by atoms with van der Waals surface area (Å²) in [5.74, 6) is 0.846. The first-order valence-electron chi connectivity index (χ1n) is 14.4. The van der Waals surface area contributed by atoms with Crippen LogP contribution in [-0.2, 0) is 22.4 Å². The highest BCUT2D eigenvalue weighted by Gasteiger charge is 2.53. The van der Waals surface area contributed by atoms with Gasteiger partial charge in [0.25, 0.3) is 5.91 Å². The summed E-state index contributed by atoms with van der Waals surface area (Å²) in [4.78, 5) is 19.2. The number of aliphatic imine (C=N–C) groups is 1. The fourth-order valence-corrected chi connectivity index (χ4v) is 5.09. The SMILES string of the molecule is O=C(NNCCCc1ccccc1)[C@@]1(Cc2ccccc2)N=C(c2ccc(OCCCO)cc2)O[C@H]1c1ccccc1. The molecule has 1 heterocycles. The average Bonchev–Trinajstić information content (AvgIpc) is 3.43. The van der Waals surface area contributed by atoms with Crippen molar-refractivity contribution < 1.29 is 19.4 Å². The predicted octanol–water partition coefficient (Wildman–Crippen LogP) is 5.20. The highest BCUT2D eigenvalue weighted by atomic mass is 16.5. The Bertz CT molecular complexity index is 1430. The summed E-state index contributed by atoms with van der Waals surface area (Å²) in [5, 5.41) is 9.03. The predicted molar refractivity (Wildman–Crippen MR) is 164 cm³/mol. The number of benzene rings is 4. The van der Waals surface area contributed by atoms with E-state index < -0.39 is 11.6 Å². The Hall–Kier alpha value is -4.46. The quantitative estimate of drug-likeness (QED) is 0.145. The molecule has 7 heteroatoms. The summed E-state index contributed by atoms with van der Waals surface area (Å²) in [6.45, 7) is 1.13. The number of amides is 1. The lowest BCUT2D eigenvalue weighted by Crippen LogP contribution is -2.54. The van der Waals surface area contributed by atoms with Crippen LogP contribution in [0.3, 0.4) is 0 Å². The molecule has 216 valence electrons. The van der Waals surface area contributed by atoms with Crippen LogP contribution < -0.4 is 15.6 Å². The minimum Gasteiger partial charge on any atom is -0.494 e. The van der Waals surface area contributed by atoms with E-state index in [1.807, 2.05) is 103 Å². The topological polar surface area (TPSA) is 92.2 Å². The summed E-state index contributed by atoms with van der Waals surface area (Å²) >= 11 is 0. The fraction of sp³-hybridized carbons (Fsp3) is 0.257. The lowest BCUT2D eigenvalue weighted by Gasteiger charge is -2.30. The summed E-state index contributed by atoms with van der Waals surface area (Å²) in [6.07, 6.45) is 2.07. The molecule has 0 aliphatic carbocycles. The first-order valence-corrected chi connectivity index (χ1v) is 14.4. The number of rotatable bonds is 14. The summed E-state index contributed by atoms with van der Waals surface area (Å²) in [5.41, 5.74) is 8.73.